The Kier molecular flexibility index (Phi) is 8.58. The molecule has 0 aliphatic carbocycles. The van der Waals surface area contributed by atoms with Crippen molar-refractivity contribution in [3.05, 3.63) is 0 Å². The first-order valence-electron chi connectivity index (χ1n) is 7.31. The van der Waals surface area contributed by atoms with Crippen LogP contribution in [0.1, 0.15) is 26.7 Å². The monoisotopic (exact) mass is 336 g/mol. The standard InChI is InChI=1S/C14H26ClN3O4/c1-5-7-18(3,4)8-6-10(9(2)12(16)20)13(21)17-14(22)11(15)19/h9-10,14,22H,5-8H2,1-4H3,(H2-,16,17,20,21)/p+1. The van der Waals surface area contributed by atoms with Crippen LogP contribution < -0.4 is 11.1 Å². The molecule has 0 aromatic heterocycles. The van der Waals surface area contributed by atoms with Crippen LogP contribution in [0.25, 0.3) is 0 Å². The van der Waals surface area contributed by atoms with Crippen LogP contribution in [0.2, 0.25) is 0 Å². The Morgan fingerprint density at radius 1 is 1.27 bits per heavy atom. The van der Waals surface area contributed by atoms with E-state index in [9.17, 15) is 19.5 Å². The molecule has 0 aliphatic heterocycles. The van der Waals surface area contributed by atoms with Crippen molar-refractivity contribution in [1.82, 2.24) is 5.32 Å². The van der Waals surface area contributed by atoms with E-state index in [2.05, 4.69) is 12.2 Å². The quantitative estimate of drug-likeness (QED) is 0.291. The molecule has 0 saturated heterocycles. The third-order valence-electron chi connectivity index (χ3n) is 3.76. The zero-order valence-electron chi connectivity index (χ0n) is 13.6. The normalized spacial score (nSPS) is 15.7. The number of aliphatic hydroxyl groups is 1. The maximum atomic E-state index is 12.2. The molecule has 0 aromatic carbocycles. The minimum atomic E-state index is -1.78. The molecule has 128 valence electrons. The van der Waals surface area contributed by atoms with Crippen LogP contribution in [0, 0.1) is 11.8 Å². The van der Waals surface area contributed by atoms with E-state index >= 15 is 0 Å². The van der Waals surface area contributed by atoms with Crippen LogP contribution in [0.3, 0.4) is 0 Å². The zero-order valence-corrected chi connectivity index (χ0v) is 14.4. The highest BCUT2D eigenvalue weighted by Gasteiger charge is 2.32. The number of quaternary nitrogens is 1. The van der Waals surface area contributed by atoms with Gasteiger partial charge in [-0.2, -0.15) is 0 Å². The SMILES string of the molecule is CCC[N+](C)(C)CCC(C(=O)NC(O)C(=O)Cl)C(C)C(N)=O. The minimum Gasteiger partial charge on any atom is -0.369 e. The summed E-state index contributed by atoms with van der Waals surface area (Å²) in [4.78, 5) is 34.4. The lowest BCUT2D eigenvalue weighted by atomic mass is 9.89. The maximum Gasteiger partial charge on any atom is 0.271 e. The third-order valence-corrected chi connectivity index (χ3v) is 3.96. The molecule has 7 nitrogen and oxygen atoms in total. The zero-order chi connectivity index (χ0) is 17.5. The van der Waals surface area contributed by atoms with E-state index < -0.39 is 35.1 Å². The Morgan fingerprint density at radius 2 is 1.82 bits per heavy atom. The summed E-state index contributed by atoms with van der Waals surface area (Å²) in [6.07, 6.45) is -0.379. The van der Waals surface area contributed by atoms with Gasteiger partial charge in [0.2, 0.25) is 18.0 Å². The van der Waals surface area contributed by atoms with Crippen LogP contribution in [0.5, 0.6) is 0 Å². The van der Waals surface area contributed by atoms with E-state index in [1.807, 2.05) is 14.1 Å². The highest BCUT2D eigenvalue weighted by Crippen LogP contribution is 2.18. The Morgan fingerprint density at radius 3 is 2.23 bits per heavy atom. The van der Waals surface area contributed by atoms with Gasteiger partial charge in [0.25, 0.3) is 5.24 Å². The van der Waals surface area contributed by atoms with Gasteiger partial charge in [-0.3, -0.25) is 14.4 Å². The molecule has 4 N–H and O–H groups in total. The number of nitrogens with zero attached hydrogens (tertiary/aromatic N) is 1. The number of carbonyl (C=O) groups excluding carboxylic acids is 3. The summed E-state index contributed by atoms with van der Waals surface area (Å²) >= 11 is 5.11. The summed E-state index contributed by atoms with van der Waals surface area (Å²) in [5, 5.41) is 10.4. The highest BCUT2D eigenvalue weighted by atomic mass is 35.5. The molecular formula is C14H27ClN3O4+. The maximum absolute atomic E-state index is 12.2. The molecule has 3 atom stereocenters. The number of rotatable bonds is 10. The van der Waals surface area contributed by atoms with Crippen molar-refractivity contribution in [2.24, 2.45) is 17.6 Å². The van der Waals surface area contributed by atoms with Gasteiger partial charge in [0.1, 0.15) is 0 Å². The van der Waals surface area contributed by atoms with Gasteiger partial charge in [0, 0.05) is 12.3 Å². The van der Waals surface area contributed by atoms with Crippen molar-refractivity contribution in [3.63, 3.8) is 0 Å². The first kappa shape index (κ1) is 20.8. The fraction of sp³-hybridized carbons (Fsp3) is 0.786. The van der Waals surface area contributed by atoms with Crippen LogP contribution in [-0.4, -0.2) is 60.1 Å². The smallest absolute Gasteiger partial charge is 0.271 e. The largest absolute Gasteiger partial charge is 0.369 e. The van der Waals surface area contributed by atoms with Crippen LogP contribution in [-0.2, 0) is 14.4 Å². The van der Waals surface area contributed by atoms with Crippen molar-refractivity contribution in [2.45, 2.75) is 32.9 Å². The number of carbonyl (C=O) groups is 3. The number of amides is 2. The van der Waals surface area contributed by atoms with E-state index in [1.54, 1.807) is 6.92 Å². The Labute approximate surface area is 136 Å². The summed E-state index contributed by atoms with van der Waals surface area (Å²) in [7, 11) is 4.06. The first-order valence-corrected chi connectivity index (χ1v) is 7.68. The van der Waals surface area contributed by atoms with Crippen molar-refractivity contribution < 1.29 is 24.0 Å². The fourth-order valence-corrected chi connectivity index (χ4v) is 2.37. The minimum absolute atomic E-state index is 0.409. The summed E-state index contributed by atoms with van der Waals surface area (Å²) in [5.41, 5.74) is 5.28. The molecule has 0 rings (SSSR count). The van der Waals surface area contributed by atoms with Crippen LogP contribution >= 0.6 is 11.6 Å². The van der Waals surface area contributed by atoms with Gasteiger partial charge in [0.15, 0.2) is 0 Å². The molecule has 0 spiro atoms. The Hall–Kier alpha value is -1.18. The number of hydrogen-bond donors (Lipinski definition) is 3. The summed E-state index contributed by atoms with van der Waals surface area (Å²) < 4.78 is 0.697. The van der Waals surface area contributed by atoms with Crippen molar-refractivity contribution in [2.75, 3.05) is 27.2 Å². The number of hydrogen-bond acceptors (Lipinski definition) is 4. The van der Waals surface area contributed by atoms with Gasteiger partial charge in [-0.05, 0) is 18.0 Å². The molecule has 22 heavy (non-hydrogen) atoms. The molecule has 0 aromatic rings. The van der Waals surface area contributed by atoms with Crippen LogP contribution in [0.15, 0.2) is 0 Å². The highest BCUT2D eigenvalue weighted by molar-refractivity contribution is 6.64. The predicted octanol–water partition coefficient (Wildman–Crippen LogP) is -0.199. The third kappa shape index (κ3) is 7.20. The lowest BCUT2D eigenvalue weighted by Crippen LogP contribution is -2.48. The number of aliphatic hydroxyl groups excluding tert-OH is 1. The molecular weight excluding hydrogens is 310 g/mol. The van der Waals surface area contributed by atoms with E-state index in [0.717, 1.165) is 13.0 Å². The average molecular weight is 337 g/mol. The number of primary amides is 1. The second kappa shape index (κ2) is 9.07. The lowest BCUT2D eigenvalue weighted by Gasteiger charge is -2.32. The van der Waals surface area contributed by atoms with E-state index in [1.165, 1.54) is 0 Å². The summed E-state index contributed by atoms with van der Waals surface area (Å²) in [5.74, 6) is -2.64. The van der Waals surface area contributed by atoms with Gasteiger partial charge in [-0.1, -0.05) is 13.8 Å². The van der Waals surface area contributed by atoms with E-state index in [0.29, 0.717) is 17.4 Å². The molecule has 0 aliphatic rings. The molecule has 0 saturated carbocycles. The van der Waals surface area contributed by atoms with E-state index in [4.69, 9.17) is 17.3 Å². The van der Waals surface area contributed by atoms with Crippen molar-refractivity contribution in [3.8, 4) is 0 Å². The van der Waals surface area contributed by atoms with Crippen molar-refractivity contribution in [1.29, 1.82) is 0 Å². The molecule has 0 radical (unpaired) electrons. The van der Waals surface area contributed by atoms with Gasteiger partial charge in [0.05, 0.1) is 33.1 Å². The van der Waals surface area contributed by atoms with E-state index in [-0.39, 0.29) is 0 Å². The number of nitrogens with one attached hydrogen (secondary N) is 1. The van der Waals surface area contributed by atoms with Crippen LogP contribution in [0.4, 0.5) is 0 Å². The Balaban J connectivity index is 4.94. The molecule has 8 heteroatoms. The molecule has 0 bridgehead atoms. The molecule has 2 amide bonds. The van der Waals surface area contributed by atoms with Gasteiger partial charge in [-0.15, -0.1) is 0 Å². The van der Waals surface area contributed by atoms with Crippen molar-refractivity contribution >= 4 is 28.7 Å². The Bertz CT molecular complexity index is 415. The summed E-state index contributed by atoms with van der Waals surface area (Å²) in [6, 6.07) is 0. The summed E-state index contributed by atoms with van der Waals surface area (Å²) in [6.45, 7) is 5.22. The molecule has 0 heterocycles. The predicted molar refractivity (Wildman–Crippen MR) is 83.6 cm³/mol. The lowest BCUT2D eigenvalue weighted by molar-refractivity contribution is -0.890. The number of halogens is 1. The second-order valence-corrected chi connectivity index (χ2v) is 6.56. The second-order valence-electron chi connectivity index (χ2n) is 6.18. The van der Waals surface area contributed by atoms with Gasteiger partial charge < -0.3 is 20.6 Å². The molecule has 3 unspecified atom stereocenters. The average Bonchev–Trinajstić information content (AvgIpc) is 2.37. The fourth-order valence-electron chi connectivity index (χ4n) is 2.31. The topological polar surface area (TPSA) is 109 Å². The first-order chi connectivity index (χ1) is 10.0. The van der Waals surface area contributed by atoms with Gasteiger partial charge in [-0.25, -0.2) is 0 Å². The van der Waals surface area contributed by atoms with Gasteiger partial charge >= 0.3 is 0 Å². The molecule has 0 fully saturated rings. The number of nitrogens with two attached hydrogens (primary N) is 1.